The smallest absolute Gasteiger partial charge is 0.259 e. The molecular formula is C18H22N4O3. The molecule has 7 nitrogen and oxygen atoms in total. The van der Waals surface area contributed by atoms with E-state index >= 15 is 0 Å². The van der Waals surface area contributed by atoms with Gasteiger partial charge in [0.2, 0.25) is 0 Å². The number of ether oxygens (including phenoxy) is 1. The number of hydrogen-bond donors (Lipinski definition) is 0. The molecule has 3 rings (SSSR count). The van der Waals surface area contributed by atoms with Gasteiger partial charge in [-0.1, -0.05) is 6.07 Å². The third kappa shape index (κ3) is 3.88. The van der Waals surface area contributed by atoms with E-state index in [4.69, 9.17) is 4.74 Å². The molecule has 7 heteroatoms. The fraction of sp³-hybridized carbons (Fsp3) is 0.389. The van der Waals surface area contributed by atoms with E-state index in [1.807, 2.05) is 18.2 Å². The molecule has 0 bridgehead atoms. The number of carbonyl (C=O) groups is 1. The highest BCUT2D eigenvalue weighted by Gasteiger charge is 2.25. The van der Waals surface area contributed by atoms with E-state index in [1.165, 1.54) is 17.7 Å². The third-order valence-electron chi connectivity index (χ3n) is 4.41. The maximum absolute atomic E-state index is 12.8. The Morgan fingerprint density at radius 1 is 1.24 bits per heavy atom. The second-order valence-corrected chi connectivity index (χ2v) is 6.09. The molecule has 0 aromatic carbocycles. The number of methoxy groups -OCH3 is 1. The summed E-state index contributed by atoms with van der Waals surface area (Å²) in [7, 11) is 3.10. The first-order valence-electron chi connectivity index (χ1n) is 8.24. The second kappa shape index (κ2) is 7.48. The highest BCUT2D eigenvalue weighted by atomic mass is 16.5. The maximum Gasteiger partial charge on any atom is 0.259 e. The van der Waals surface area contributed by atoms with Crippen LogP contribution in [0.25, 0.3) is 0 Å². The number of rotatable bonds is 4. The van der Waals surface area contributed by atoms with Gasteiger partial charge in [0.05, 0.1) is 18.4 Å². The first kappa shape index (κ1) is 17.2. The SMILES string of the molecule is COc1cc(=O)n(C)cc1C(=O)N1CCN(Cc2ccccn2)CC1. The molecule has 2 aromatic rings. The number of pyridine rings is 2. The summed E-state index contributed by atoms with van der Waals surface area (Å²) in [6, 6.07) is 7.24. The normalized spacial score (nSPS) is 15.2. The van der Waals surface area contributed by atoms with Crippen LogP contribution < -0.4 is 10.3 Å². The van der Waals surface area contributed by atoms with Gasteiger partial charge in [-0.15, -0.1) is 0 Å². The predicted molar refractivity (Wildman–Crippen MR) is 93.7 cm³/mol. The molecule has 0 radical (unpaired) electrons. The Morgan fingerprint density at radius 3 is 2.64 bits per heavy atom. The number of nitrogens with zero attached hydrogens (tertiary/aromatic N) is 4. The molecule has 1 amide bonds. The average molecular weight is 342 g/mol. The summed E-state index contributed by atoms with van der Waals surface area (Å²) in [5.74, 6) is 0.217. The third-order valence-corrected chi connectivity index (χ3v) is 4.41. The Labute approximate surface area is 146 Å². The van der Waals surface area contributed by atoms with E-state index in [0.29, 0.717) is 24.4 Å². The lowest BCUT2D eigenvalue weighted by Gasteiger charge is -2.34. The minimum atomic E-state index is -0.200. The van der Waals surface area contributed by atoms with E-state index in [-0.39, 0.29) is 11.5 Å². The van der Waals surface area contributed by atoms with Gasteiger partial charge in [0.25, 0.3) is 11.5 Å². The van der Waals surface area contributed by atoms with Crippen LogP contribution in [0.5, 0.6) is 5.75 Å². The zero-order chi connectivity index (χ0) is 17.8. The largest absolute Gasteiger partial charge is 0.496 e. The van der Waals surface area contributed by atoms with E-state index in [1.54, 1.807) is 24.3 Å². The zero-order valence-electron chi connectivity index (χ0n) is 14.5. The van der Waals surface area contributed by atoms with E-state index in [0.717, 1.165) is 25.3 Å². The van der Waals surface area contributed by atoms with Crippen LogP contribution in [0, 0.1) is 0 Å². The summed E-state index contributed by atoms with van der Waals surface area (Å²) >= 11 is 0. The predicted octanol–water partition coefficient (Wildman–Crippen LogP) is 0.747. The molecule has 0 unspecified atom stereocenters. The van der Waals surface area contributed by atoms with Crippen molar-refractivity contribution in [1.82, 2.24) is 19.4 Å². The van der Waals surface area contributed by atoms with Crippen LogP contribution in [0.15, 0.2) is 41.5 Å². The first-order chi connectivity index (χ1) is 12.1. The molecule has 2 aromatic heterocycles. The molecule has 1 fully saturated rings. The van der Waals surface area contributed by atoms with Gasteiger partial charge in [0, 0.05) is 58.2 Å². The van der Waals surface area contributed by atoms with Gasteiger partial charge in [0.15, 0.2) is 0 Å². The number of amides is 1. The summed E-state index contributed by atoms with van der Waals surface area (Å²) in [6.07, 6.45) is 3.34. The van der Waals surface area contributed by atoms with Crippen LogP contribution in [0.3, 0.4) is 0 Å². The number of carbonyl (C=O) groups excluding carboxylic acids is 1. The zero-order valence-corrected chi connectivity index (χ0v) is 14.5. The van der Waals surface area contributed by atoms with Crippen LogP contribution in [0.4, 0.5) is 0 Å². The Bertz CT molecular complexity index is 796. The summed E-state index contributed by atoms with van der Waals surface area (Å²) in [5.41, 5.74) is 1.25. The van der Waals surface area contributed by atoms with Gasteiger partial charge >= 0.3 is 0 Å². The van der Waals surface area contributed by atoms with Crippen molar-refractivity contribution in [2.45, 2.75) is 6.54 Å². The second-order valence-electron chi connectivity index (χ2n) is 6.09. The molecule has 1 saturated heterocycles. The summed E-state index contributed by atoms with van der Waals surface area (Å²) in [4.78, 5) is 32.9. The molecule has 132 valence electrons. The van der Waals surface area contributed by atoms with Gasteiger partial charge in [-0.05, 0) is 12.1 Å². The van der Waals surface area contributed by atoms with Crippen LogP contribution >= 0.6 is 0 Å². The highest BCUT2D eigenvalue weighted by Crippen LogP contribution is 2.18. The topological polar surface area (TPSA) is 67.7 Å². The molecular weight excluding hydrogens is 320 g/mol. The van der Waals surface area contributed by atoms with Crippen molar-refractivity contribution in [3.63, 3.8) is 0 Å². The fourth-order valence-electron chi connectivity index (χ4n) is 2.94. The lowest BCUT2D eigenvalue weighted by atomic mass is 10.2. The van der Waals surface area contributed by atoms with Crippen molar-refractivity contribution in [3.05, 3.63) is 58.3 Å². The first-order valence-corrected chi connectivity index (χ1v) is 8.24. The standard InChI is InChI=1S/C18H22N4O3/c1-20-13-15(16(25-2)11-17(20)23)18(24)22-9-7-21(8-10-22)12-14-5-3-4-6-19-14/h3-6,11,13H,7-10,12H2,1-2H3. The summed E-state index contributed by atoms with van der Waals surface area (Å²) in [6.45, 7) is 3.63. The average Bonchev–Trinajstić information content (AvgIpc) is 2.64. The van der Waals surface area contributed by atoms with Gasteiger partial charge in [-0.25, -0.2) is 0 Å². The highest BCUT2D eigenvalue weighted by molar-refractivity contribution is 5.96. The Morgan fingerprint density at radius 2 is 2.00 bits per heavy atom. The van der Waals surface area contributed by atoms with E-state index in [2.05, 4.69) is 9.88 Å². The van der Waals surface area contributed by atoms with Crippen LogP contribution in [0.2, 0.25) is 0 Å². The molecule has 0 aliphatic carbocycles. The van der Waals surface area contributed by atoms with Crippen molar-refractivity contribution in [2.24, 2.45) is 7.05 Å². The van der Waals surface area contributed by atoms with Gasteiger partial charge in [-0.2, -0.15) is 0 Å². The molecule has 25 heavy (non-hydrogen) atoms. The van der Waals surface area contributed by atoms with Crippen molar-refractivity contribution < 1.29 is 9.53 Å². The Hall–Kier alpha value is -2.67. The van der Waals surface area contributed by atoms with Crippen molar-refractivity contribution in [2.75, 3.05) is 33.3 Å². The van der Waals surface area contributed by atoms with Gasteiger partial charge in [0.1, 0.15) is 5.75 Å². The van der Waals surface area contributed by atoms with Crippen molar-refractivity contribution >= 4 is 5.91 Å². The number of hydrogen-bond acceptors (Lipinski definition) is 5. The molecule has 1 aliphatic rings. The van der Waals surface area contributed by atoms with Crippen LogP contribution in [-0.4, -0.2) is 58.5 Å². The maximum atomic E-state index is 12.8. The Balaban J connectivity index is 1.66. The molecule has 3 heterocycles. The number of piperazine rings is 1. The Kier molecular flexibility index (Phi) is 5.14. The molecule has 0 spiro atoms. The monoisotopic (exact) mass is 342 g/mol. The molecule has 1 aliphatic heterocycles. The summed E-state index contributed by atoms with van der Waals surface area (Å²) < 4.78 is 6.61. The van der Waals surface area contributed by atoms with Crippen molar-refractivity contribution in [3.8, 4) is 5.75 Å². The van der Waals surface area contributed by atoms with Crippen LogP contribution in [0.1, 0.15) is 16.1 Å². The van der Waals surface area contributed by atoms with Gasteiger partial charge < -0.3 is 14.2 Å². The van der Waals surface area contributed by atoms with Crippen LogP contribution in [-0.2, 0) is 13.6 Å². The lowest BCUT2D eigenvalue weighted by Crippen LogP contribution is -2.48. The number of aromatic nitrogens is 2. The minimum Gasteiger partial charge on any atom is -0.496 e. The van der Waals surface area contributed by atoms with Crippen molar-refractivity contribution in [1.29, 1.82) is 0 Å². The molecule has 0 N–H and O–H groups in total. The van der Waals surface area contributed by atoms with E-state index < -0.39 is 0 Å². The molecule has 0 saturated carbocycles. The van der Waals surface area contributed by atoms with E-state index in [9.17, 15) is 9.59 Å². The fourth-order valence-corrected chi connectivity index (χ4v) is 2.94. The quantitative estimate of drug-likeness (QED) is 0.820. The number of aryl methyl sites for hydroxylation is 1. The lowest BCUT2D eigenvalue weighted by molar-refractivity contribution is 0.0623. The summed E-state index contributed by atoms with van der Waals surface area (Å²) in [5, 5.41) is 0. The molecule has 0 atom stereocenters. The minimum absolute atomic E-state index is 0.107. The van der Waals surface area contributed by atoms with Gasteiger partial charge in [-0.3, -0.25) is 19.5 Å².